The highest BCUT2D eigenvalue weighted by Crippen LogP contribution is 2.28. The van der Waals surface area contributed by atoms with E-state index in [0.717, 1.165) is 48.3 Å². The molecule has 1 aliphatic rings. The molecular formula is C27H27N7O. The fourth-order valence-corrected chi connectivity index (χ4v) is 4.10. The Balaban J connectivity index is 1.39. The molecular weight excluding hydrogens is 438 g/mol. The molecule has 8 nitrogen and oxygen atoms in total. The topological polar surface area (TPSA) is 86.3 Å². The van der Waals surface area contributed by atoms with Crippen molar-refractivity contribution >= 4 is 40.0 Å². The lowest BCUT2D eigenvalue weighted by atomic mass is 10.1. The normalized spacial score (nSPS) is 14.0. The Labute approximate surface area is 204 Å². The second kappa shape index (κ2) is 9.90. The van der Waals surface area contributed by atoms with Crippen molar-refractivity contribution in [1.82, 2.24) is 19.9 Å². The minimum absolute atomic E-state index is 0.306. The van der Waals surface area contributed by atoms with Crippen molar-refractivity contribution in [3.05, 3.63) is 79.5 Å². The van der Waals surface area contributed by atoms with E-state index in [4.69, 9.17) is 4.98 Å². The molecule has 2 aromatic carbocycles. The summed E-state index contributed by atoms with van der Waals surface area (Å²) in [7, 11) is 2.16. The Morgan fingerprint density at radius 2 is 1.74 bits per heavy atom. The Morgan fingerprint density at radius 1 is 0.971 bits per heavy atom. The lowest BCUT2D eigenvalue weighted by Crippen LogP contribution is -2.44. The Morgan fingerprint density at radius 3 is 2.51 bits per heavy atom. The Kier molecular flexibility index (Phi) is 6.36. The second-order valence-electron chi connectivity index (χ2n) is 8.50. The molecule has 0 saturated carbocycles. The summed E-state index contributed by atoms with van der Waals surface area (Å²) in [5.74, 6) is 0.658. The van der Waals surface area contributed by atoms with Gasteiger partial charge in [-0.25, -0.2) is 15.0 Å². The van der Waals surface area contributed by atoms with Crippen LogP contribution in [0.15, 0.2) is 79.5 Å². The molecule has 1 amide bonds. The number of nitrogens with zero attached hydrogens (tertiary/aromatic N) is 5. The minimum Gasteiger partial charge on any atom is -0.369 e. The maximum atomic E-state index is 11.7. The molecule has 2 aromatic heterocycles. The van der Waals surface area contributed by atoms with Crippen LogP contribution in [0.4, 0.5) is 23.1 Å². The lowest BCUT2D eigenvalue weighted by molar-refractivity contribution is -0.111. The Hall–Kier alpha value is -4.30. The maximum absolute atomic E-state index is 11.7. The van der Waals surface area contributed by atoms with Crippen molar-refractivity contribution in [2.45, 2.75) is 0 Å². The summed E-state index contributed by atoms with van der Waals surface area (Å²) in [5.41, 5.74) is 4.48. The van der Waals surface area contributed by atoms with Gasteiger partial charge in [0.2, 0.25) is 11.9 Å². The van der Waals surface area contributed by atoms with Gasteiger partial charge in [-0.2, -0.15) is 0 Å². The number of benzene rings is 2. The van der Waals surface area contributed by atoms with E-state index in [-0.39, 0.29) is 5.91 Å². The summed E-state index contributed by atoms with van der Waals surface area (Å²) >= 11 is 0. The summed E-state index contributed by atoms with van der Waals surface area (Å²) in [6.07, 6.45) is 3.02. The van der Waals surface area contributed by atoms with Gasteiger partial charge in [-0.05, 0) is 49.5 Å². The number of carbonyl (C=O) groups excluding carboxylic acids is 1. The molecule has 1 fully saturated rings. The van der Waals surface area contributed by atoms with Crippen LogP contribution in [0, 0.1) is 0 Å². The number of hydrogen-bond acceptors (Lipinski definition) is 7. The van der Waals surface area contributed by atoms with Gasteiger partial charge < -0.3 is 20.4 Å². The Bertz CT molecular complexity index is 1360. The molecule has 0 bridgehead atoms. The molecule has 1 saturated heterocycles. The number of anilines is 4. The van der Waals surface area contributed by atoms with Crippen molar-refractivity contribution in [3.8, 4) is 11.3 Å². The predicted molar refractivity (Wildman–Crippen MR) is 141 cm³/mol. The van der Waals surface area contributed by atoms with Crippen molar-refractivity contribution in [3.63, 3.8) is 0 Å². The summed E-state index contributed by atoms with van der Waals surface area (Å²) in [5, 5.41) is 6.93. The highest BCUT2D eigenvalue weighted by atomic mass is 16.1. The van der Waals surface area contributed by atoms with E-state index in [0.29, 0.717) is 17.5 Å². The van der Waals surface area contributed by atoms with Crippen LogP contribution in [0.3, 0.4) is 0 Å². The van der Waals surface area contributed by atoms with Crippen LogP contribution < -0.4 is 15.5 Å². The first kappa shape index (κ1) is 22.5. The molecule has 35 heavy (non-hydrogen) atoms. The molecule has 3 heterocycles. The van der Waals surface area contributed by atoms with E-state index < -0.39 is 0 Å². The zero-order valence-corrected chi connectivity index (χ0v) is 19.6. The van der Waals surface area contributed by atoms with Gasteiger partial charge in [0.25, 0.3) is 0 Å². The molecule has 0 spiro atoms. The standard InChI is InChI=1S/C27H27N7O/c1-3-25(35)31-24-9-5-8-23(30-24)22-7-4-6-19-18-28-27(32-26(19)22)29-20-10-12-21(13-11-20)34-16-14-33(2)15-17-34/h3-13,18H,1,14-17H2,2H3,(H,28,29,32)(H,30,31,35). The first-order valence-electron chi connectivity index (χ1n) is 11.6. The third-order valence-electron chi connectivity index (χ3n) is 6.06. The molecule has 8 heteroatoms. The number of aromatic nitrogens is 3. The number of hydrogen-bond donors (Lipinski definition) is 2. The first-order chi connectivity index (χ1) is 17.1. The van der Waals surface area contributed by atoms with Crippen molar-refractivity contribution < 1.29 is 4.79 Å². The van der Waals surface area contributed by atoms with Gasteiger partial charge in [-0.15, -0.1) is 0 Å². The third kappa shape index (κ3) is 5.12. The fraction of sp³-hybridized carbons (Fsp3) is 0.185. The van der Waals surface area contributed by atoms with Crippen LogP contribution in [-0.4, -0.2) is 59.0 Å². The lowest BCUT2D eigenvalue weighted by Gasteiger charge is -2.34. The molecule has 0 radical (unpaired) electrons. The van der Waals surface area contributed by atoms with Gasteiger partial charge in [-0.3, -0.25) is 4.79 Å². The van der Waals surface area contributed by atoms with Crippen LogP contribution in [0.1, 0.15) is 0 Å². The van der Waals surface area contributed by atoms with Crippen LogP contribution >= 0.6 is 0 Å². The zero-order chi connectivity index (χ0) is 24.2. The number of likely N-dealkylation sites (N-methyl/N-ethyl adjacent to an activating group) is 1. The highest BCUT2D eigenvalue weighted by Gasteiger charge is 2.14. The van der Waals surface area contributed by atoms with E-state index in [1.807, 2.05) is 30.3 Å². The molecule has 2 N–H and O–H groups in total. The van der Waals surface area contributed by atoms with Crippen LogP contribution in [0.25, 0.3) is 22.2 Å². The average molecular weight is 466 g/mol. The van der Waals surface area contributed by atoms with E-state index in [9.17, 15) is 4.79 Å². The highest BCUT2D eigenvalue weighted by molar-refractivity contribution is 5.98. The van der Waals surface area contributed by atoms with E-state index >= 15 is 0 Å². The van der Waals surface area contributed by atoms with Crippen molar-refractivity contribution in [2.75, 3.05) is 48.8 Å². The summed E-state index contributed by atoms with van der Waals surface area (Å²) in [4.78, 5) is 30.3. The van der Waals surface area contributed by atoms with Crippen molar-refractivity contribution in [1.29, 1.82) is 0 Å². The number of fused-ring (bicyclic) bond motifs is 1. The quantitative estimate of drug-likeness (QED) is 0.410. The van der Waals surface area contributed by atoms with Crippen molar-refractivity contribution in [2.24, 2.45) is 0 Å². The molecule has 1 aliphatic heterocycles. The molecule has 0 aliphatic carbocycles. The third-order valence-corrected chi connectivity index (χ3v) is 6.06. The van der Waals surface area contributed by atoms with Crippen LogP contribution in [0.2, 0.25) is 0 Å². The molecule has 4 aromatic rings. The van der Waals surface area contributed by atoms with Gasteiger partial charge in [0.1, 0.15) is 5.82 Å². The van der Waals surface area contributed by atoms with Crippen LogP contribution in [0.5, 0.6) is 0 Å². The van der Waals surface area contributed by atoms with Gasteiger partial charge in [0.15, 0.2) is 0 Å². The number of rotatable bonds is 6. The van der Waals surface area contributed by atoms with E-state index in [1.54, 1.807) is 12.3 Å². The number of carbonyl (C=O) groups is 1. The summed E-state index contributed by atoms with van der Waals surface area (Å²) < 4.78 is 0. The largest absolute Gasteiger partial charge is 0.369 e. The van der Waals surface area contributed by atoms with E-state index in [1.165, 1.54) is 11.8 Å². The van der Waals surface area contributed by atoms with Crippen LogP contribution in [-0.2, 0) is 4.79 Å². The van der Waals surface area contributed by atoms with Gasteiger partial charge >= 0.3 is 0 Å². The maximum Gasteiger partial charge on any atom is 0.248 e. The second-order valence-corrected chi connectivity index (χ2v) is 8.50. The SMILES string of the molecule is C=CC(=O)Nc1cccc(-c2cccc3cnc(Nc4ccc(N5CCN(C)CC5)cc4)nc23)n1. The number of piperazine rings is 1. The number of nitrogens with one attached hydrogen (secondary N) is 2. The summed E-state index contributed by atoms with van der Waals surface area (Å²) in [6.45, 7) is 7.70. The van der Waals surface area contributed by atoms with Gasteiger partial charge in [0, 0.05) is 54.7 Å². The van der Waals surface area contributed by atoms with Gasteiger partial charge in [-0.1, -0.05) is 30.8 Å². The first-order valence-corrected chi connectivity index (χ1v) is 11.6. The predicted octanol–water partition coefficient (Wildman–Crippen LogP) is 4.31. The number of amides is 1. The molecule has 0 atom stereocenters. The number of para-hydroxylation sites is 1. The smallest absolute Gasteiger partial charge is 0.248 e. The van der Waals surface area contributed by atoms with E-state index in [2.05, 4.69) is 68.3 Å². The monoisotopic (exact) mass is 465 g/mol. The number of pyridine rings is 1. The fourth-order valence-electron chi connectivity index (χ4n) is 4.10. The van der Waals surface area contributed by atoms with Gasteiger partial charge in [0.05, 0.1) is 11.2 Å². The minimum atomic E-state index is -0.306. The zero-order valence-electron chi connectivity index (χ0n) is 19.6. The molecule has 0 unspecified atom stereocenters. The summed E-state index contributed by atoms with van der Waals surface area (Å²) in [6, 6.07) is 19.7. The molecule has 176 valence electrons. The molecule has 5 rings (SSSR count). The average Bonchev–Trinajstić information content (AvgIpc) is 2.89.